The van der Waals surface area contributed by atoms with E-state index in [9.17, 15) is 9.59 Å². The van der Waals surface area contributed by atoms with Gasteiger partial charge in [-0.15, -0.1) is 10.2 Å². The molecule has 1 aromatic heterocycles. The van der Waals surface area contributed by atoms with Gasteiger partial charge in [0.25, 0.3) is 11.8 Å². The van der Waals surface area contributed by atoms with Crippen molar-refractivity contribution in [3.63, 3.8) is 0 Å². The molecule has 0 atom stereocenters. The minimum absolute atomic E-state index is 0.231. The highest BCUT2D eigenvalue weighted by atomic mass is 32.1. The minimum Gasteiger partial charge on any atom is -0.497 e. The minimum atomic E-state index is -0.334. The van der Waals surface area contributed by atoms with Crippen molar-refractivity contribution in [2.75, 3.05) is 12.4 Å². The number of amides is 2. The van der Waals surface area contributed by atoms with Crippen LogP contribution in [0.1, 0.15) is 44.1 Å². The Morgan fingerprint density at radius 1 is 1.07 bits per heavy atom. The first-order valence-corrected chi connectivity index (χ1v) is 10.1. The summed E-state index contributed by atoms with van der Waals surface area (Å²) in [5.41, 5.74) is 1.91. The third-order valence-electron chi connectivity index (χ3n) is 4.09. The van der Waals surface area contributed by atoms with Gasteiger partial charge in [0, 0.05) is 24.2 Å². The lowest BCUT2D eigenvalue weighted by atomic mass is 10.1. The van der Waals surface area contributed by atoms with E-state index in [-0.39, 0.29) is 11.8 Å². The first-order valence-electron chi connectivity index (χ1n) is 9.24. The van der Waals surface area contributed by atoms with Gasteiger partial charge in [0.2, 0.25) is 5.01 Å². The summed E-state index contributed by atoms with van der Waals surface area (Å²) >= 11 is 1.28. The van der Waals surface area contributed by atoms with Gasteiger partial charge in [-0.25, -0.2) is 0 Å². The number of anilines is 1. The van der Waals surface area contributed by atoms with Crippen LogP contribution in [0.5, 0.6) is 5.75 Å². The van der Waals surface area contributed by atoms with Crippen LogP contribution in [-0.2, 0) is 13.0 Å². The standard InChI is InChI=1S/C21H22N4O3S/c1-3-6-18-24-25-21(29-18)20(27)23-16-9-5-8-15(12-16)19(26)22-13-14-7-4-10-17(11-14)28-2/h4-5,7-12H,3,6,13H2,1-2H3,(H,22,26)(H,23,27). The van der Waals surface area contributed by atoms with Crippen molar-refractivity contribution < 1.29 is 14.3 Å². The number of rotatable bonds is 8. The molecule has 3 rings (SSSR count). The number of carbonyl (C=O) groups excluding carboxylic acids is 2. The van der Waals surface area contributed by atoms with Crippen LogP contribution in [0.25, 0.3) is 0 Å². The Bertz CT molecular complexity index is 1000. The second kappa shape index (κ2) is 9.79. The van der Waals surface area contributed by atoms with E-state index < -0.39 is 0 Å². The van der Waals surface area contributed by atoms with E-state index in [2.05, 4.69) is 20.8 Å². The molecule has 0 spiro atoms. The number of aryl methyl sites for hydroxylation is 1. The summed E-state index contributed by atoms with van der Waals surface area (Å²) in [6.07, 6.45) is 1.75. The van der Waals surface area contributed by atoms with Crippen LogP contribution in [0.4, 0.5) is 5.69 Å². The molecule has 7 nitrogen and oxygen atoms in total. The van der Waals surface area contributed by atoms with Crippen LogP contribution in [0.15, 0.2) is 48.5 Å². The Morgan fingerprint density at radius 2 is 1.90 bits per heavy atom. The monoisotopic (exact) mass is 410 g/mol. The molecule has 29 heavy (non-hydrogen) atoms. The zero-order chi connectivity index (χ0) is 20.6. The van der Waals surface area contributed by atoms with Crippen LogP contribution in [0.3, 0.4) is 0 Å². The highest BCUT2D eigenvalue weighted by molar-refractivity contribution is 7.13. The molecular weight excluding hydrogens is 388 g/mol. The van der Waals surface area contributed by atoms with Gasteiger partial charge >= 0.3 is 0 Å². The summed E-state index contributed by atoms with van der Waals surface area (Å²) in [5.74, 6) is 0.170. The lowest BCUT2D eigenvalue weighted by Crippen LogP contribution is -2.23. The first-order chi connectivity index (χ1) is 14.1. The fourth-order valence-corrected chi connectivity index (χ4v) is 3.49. The largest absolute Gasteiger partial charge is 0.497 e. The quantitative estimate of drug-likeness (QED) is 0.591. The molecule has 2 N–H and O–H groups in total. The highest BCUT2D eigenvalue weighted by Gasteiger charge is 2.14. The molecule has 0 aliphatic carbocycles. The number of nitrogens with zero attached hydrogens (tertiary/aromatic N) is 2. The van der Waals surface area contributed by atoms with E-state index in [0.29, 0.717) is 22.8 Å². The molecule has 0 saturated heterocycles. The van der Waals surface area contributed by atoms with Crippen molar-refractivity contribution in [2.24, 2.45) is 0 Å². The topological polar surface area (TPSA) is 93.2 Å². The van der Waals surface area contributed by atoms with E-state index in [1.807, 2.05) is 31.2 Å². The molecule has 0 radical (unpaired) electrons. The van der Waals surface area contributed by atoms with Crippen LogP contribution < -0.4 is 15.4 Å². The van der Waals surface area contributed by atoms with Gasteiger partial charge < -0.3 is 15.4 Å². The Hall–Kier alpha value is -3.26. The molecule has 3 aromatic rings. The van der Waals surface area contributed by atoms with Crippen LogP contribution >= 0.6 is 11.3 Å². The molecule has 1 heterocycles. The maximum absolute atomic E-state index is 12.5. The van der Waals surface area contributed by atoms with Gasteiger partial charge in [-0.3, -0.25) is 9.59 Å². The first kappa shape index (κ1) is 20.5. The van der Waals surface area contributed by atoms with E-state index in [4.69, 9.17) is 4.74 Å². The van der Waals surface area contributed by atoms with Gasteiger partial charge in [-0.1, -0.05) is 36.5 Å². The predicted molar refractivity (Wildman–Crippen MR) is 112 cm³/mol. The van der Waals surface area contributed by atoms with Crippen LogP contribution in [0, 0.1) is 0 Å². The fraction of sp³-hybridized carbons (Fsp3) is 0.238. The molecule has 0 fully saturated rings. The second-order valence-electron chi connectivity index (χ2n) is 6.32. The van der Waals surface area contributed by atoms with Crippen LogP contribution in [0.2, 0.25) is 0 Å². The van der Waals surface area contributed by atoms with Gasteiger partial charge in [-0.05, 0) is 42.3 Å². The number of hydrogen-bond donors (Lipinski definition) is 2. The van der Waals surface area contributed by atoms with Crippen molar-refractivity contribution in [3.8, 4) is 5.75 Å². The molecule has 0 aliphatic rings. The molecule has 2 amide bonds. The average molecular weight is 410 g/mol. The molecule has 0 bridgehead atoms. The number of benzene rings is 2. The molecular formula is C21H22N4O3S. The lowest BCUT2D eigenvalue weighted by molar-refractivity contribution is 0.0949. The molecule has 0 aliphatic heterocycles. The maximum atomic E-state index is 12.5. The van der Waals surface area contributed by atoms with E-state index in [0.717, 1.165) is 29.2 Å². The van der Waals surface area contributed by atoms with E-state index in [1.165, 1.54) is 11.3 Å². The number of ether oxygens (including phenoxy) is 1. The Kier molecular flexibility index (Phi) is 6.91. The summed E-state index contributed by atoms with van der Waals surface area (Å²) in [7, 11) is 1.60. The smallest absolute Gasteiger partial charge is 0.286 e. The number of carbonyl (C=O) groups is 2. The van der Waals surface area contributed by atoms with Crippen LogP contribution in [-0.4, -0.2) is 29.1 Å². The summed E-state index contributed by atoms with van der Waals surface area (Å²) in [5, 5.41) is 14.7. The number of nitrogens with one attached hydrogen (secondary N) is 2. The Balaban J connectivity index is 1.61. The third kappa shape index (κ3) is 5.61. The average Bonchev–Trinajstić information content (AvgIpc) is 3.21. The molecule has 8 heteroatoms. The summed E-state index contributed by atoms with van der Waals surface area (Å²) in [4.78, 5) is 24.8. The second-order valence-corrected chi connectivity index (χ2v) is 7.38. The Labute approximate surface area is 173 Å². The number of hydrogen-bond acceptors (Lipinski definition) is 6. The highest BCUT2D eigenvalue weighted by Crippen LogP contribution is 2.16. The predicted octanol–water partition coefficient (Wildman–Crippen LogP) is 3.68. The Morgan fingerprint density at radius 3 is 2.69 bits per heavy atom. The fourth-order valence-electron chi connectivity index (χ4n) is 2.65. The third-order valence-corrected chi connectivity index (χ3v) is 5.08. The van der Waals surface area contributed by atoms with E-state index >= 15 is 0 Å². The van der Waals surface area contributed by atoms with Gasteiger partial charge in [0.15, 0.2) is 0 Å². The van der Waals surface area contributed by atoms with Crippen molar-refractivity contribution >= 4 is 28.8 Å². The van der Waals surface area contributed by atoms with Crippen molar-refractivity contribution in [2.45, 2.75) is 26.3 Å². The molecule has 150 valence electrons. The summed E-state index contributed by atoms with van der Waals surface area (Å²) in [6, 6.07) is 14.3. The SMILES string of the molecule is CCCc1nnc(C(=O)Nc2cccc(C(=O)NCc3cccc(OC)c3)c2)s1. The number of aromatic nitrogens is 2. The van der Waals surface area contributed by atoms with E-state index in [1.54, 1.807) is 31.4 Å². The molecule has 0 unspecified atom stereocenters. The molecule has 0 saturated carbocycles. The van der Waals surface area contributed by atoms with Gasteiger partial charge in [0.05, 0.1) is 7.11 Å². The maximum Gasteiger partial charge on any atom is 0.286 e. The van der Waals surface area contributed by atoms with Gasteiger partial charge in [0.1, 0.15) is 10.8 Å². The van der Waals surface area contributed by atoms with Gasteiger partial charge in [-0.2, -0.15) is 0 Å². The zero-order valence-electron chi connectivity index (χ0n) is 16.3. The van der Waals surface area contributed by atoms with Crippen molar-refractivity contribution in [1.29, 1.82) is 0 Å². The summed E-state index contributed by atoms with van der Waals surface area (Å²) in [6.45, 7) is 2.42. The zero-order valence-corrected chi connectivity index (χ0v) is 17.1. The number of methoxy groups -OCH3 is 1. The normalized spacial score (nSPS) is 10.4. The molecule has 2 aromatic carbocycles. The summed E-state index contributed by atoms with van der Waals surface area (Å²) < 4.78 is 5.19. The lowest BCUT2D eigenvalue weighted by Gasteiger charge is -2.08. The van der Waals surface area contributed by atoms with Crippen molar-refractivity contribution in [3.05, 3.63) is 69.7 Å². The van der Waals surface area contributed by atoms with Crippen molar-refractivity contribution in [1.82, 2.24) is 15.5 Å².